The van der Waals surface area contributed by atoms with E-state index in [-0.39, 0.29) is 18.6 Å². The quantitative estimate of drug-likeness (QED) is 0.863. The van der Waals surface area contributed by atoms with Crippen molar-refractivity contribution in [1.82, 2.24) is 4.90 Å². The maximum atomic E-state index is 12.1. The third-order valence-corrected chi connectivity index (χ3v) is 4.00. The van der Waals surface area contributed by atoms with Crippen molar-refractivity contribution in [2.45, 2.75) is 51.7 Å². The summed E-state index contributed by atoms with van der Waals surface area (Å²) in [6, 6.07) is 5.16. The number of carbonyl (C=O) groups excluding carboxylic acids is 1. The number of aliphatic carboxylic acids is 1. The van der Waals surface area contributed by atoms with Gasteiger partial charge in [-0.15, -0.1) is 0 Å². The van der Waals surface area contributed by atoms with Crippen molar-refractivity contribution in [3.05, 3.63) is 23.8 Å². The van der Waals surface area contributed by atoms with E-state index in [1.807, 2.05) is 20.8 Å². The molecule has 7 nitrogen and oxygen atoms in total. The fourth-order valence-corrected chi connectivity index (χ4v) is 2.78. The van der Waals surface area contributed by atoms with Crippen molar-refractivity contribution < 1.29 is 28.9 Å². The Kier molecular flexibility index (Phi) is 6.34. The number of carbonyl (C=O) groups is 2. The number of amides is 1. The van der Waals surface area contributed by atoms with Crippen molar-refractivity contribution in [3.8, 4) is 11.5 Å². The molecule has 0 atom stereocenters. The number of carboxylic acid groups (broad SMARTS) is 1. The van der Waals surface area contributed by atoms with E-state index in [1.165, 1.54) is 7.11 Å². The number of hydrogen-bond donors (Lipinski definition) is 1. The number of methoxy groups -OCH3 is 1. The van der Waals surface area contributed by atoms with Crippen LogP contribution in [0.4, 0.5) is 4.79 Å². The molecule has 0 spiro atoms. The van der Waals surface area contributed by atoms with Crippen LogP contribution < -0.4 is 9.47 Å². The molecule has 1 N–H and O–H groups in total. The summed E-state index contributed by atoms with van der Waals surface area (Å²) in [5, 5.41) is 8.93. The van der Waals surface area contributed by atoms with Crippen LogP contribution in [0.3, 0.4) is 0 Å². The van der Waals surface area contributed by atoms with Crippen molar-refractivity contribution in [3.63, 3.8) is 0 Å². The van der Waals surface area contributed by atoms with Gasteiger partial charge >= 0.3 is 12.1 Å². The van der Waals surface area contributed by atoms with E-state index < -0.39 is 11.6 Å². The molecule has 144 valence electrons. The maximum absolute atomic E-state index is 12.1. The summed E-state index contributed by atoms with van der Waals surface area (Å²) >= 11 is 0. The molecule has 1 aromatic rings. The molecule has 1 aromatic carbocycles. The molecule has 2 rings (SSSR count). The first-order valence-electron chi connectivity index (χ1n) is 8.71. The minimum absolute atomic E-state index is 0.0104. The van der Waals surface area contributed by atoms with E-state index in [4.69, 9.17) is 19.3 Å². The van der Waals surface area contributed by atoms with Crippen LogP contribution in [-0.2, 0) is 16.0 Å². The molecule has 26 heavy (non-hydrogen) atoms. The lowest BCUT2D eigenvalue weighted by Crippen LogP contribution is -2.44. The average Bonchev–Trinajstić information content (AvgIpc) is 2.55. The molecule has 0 saturated carbocycles. The standard InChI is InChI=1S/C19H27NO6/c1-19(2,3)26-18(23)20-9-7-14(8-10-20)25-15-6-5-13(11-17(21)22)16(12-15)24-4/h5-6,12,14H,7-11H2,1-4H3,(H,21,22). The molecule has 1 amide bonds. The molecule has 0 bridgehead atoms. The zero-order valence-corrected chi connectivity index (χ0v) is 15.8. The van der Waals surface area contributed by atoms with Gasteiger partial charge in [0.1, 0.15) is 23.2 Å². The van der Waals surface area contributed by atoms with Crippen molar-refractivity contribution in [2.75, 3.05) is 20.2 Å². The molecule has 1 fully saturated rings. The van der Waals surface area contributed by atoms with E-state index >= 15 is 0 Å². The lowest BCUT2D eigenvalue weighted by atomic mass is 10.1. The zero-order valence-electron chi connectivity index (χ0n) is 15.8. The van der Waals surface area contributed by atoms with Gasteiger partial charge in [-0.2, -0.15) is 0 Å². The molecule has 1 aliphatic heterocycles. The maximum Gasteiger partial charge on any atom is 0.410 e. The Morgan fingerprint density at radius 2 is 1.88 bits per heavy atom. The SMILES string of the molecule is COc1cc(OC2CCN(C(=O)OC(C)(C)C)CC2)ccc1CC(=O)O. The second kappa shape index (κ2) is 8.29. The van der Waals surface area contributed by atoms with Crippen LogP contribution in [-0.4, -0.2) is 54.0 Å². The first-order valence-corrected chi connectivity index (χ1v) is 8.71. The van der Waals surface area contributed by atoms with E-state index in [9.17, 15) is 9.59 Å². The topological polar surface area (TPSA) is 85.3 Å². The highest BCUT2D eigenvalue weighted by molar-refractivity contribution is 5.71. The normalized spacial score (nSPS) is 15.5. The summed E-state index contributed by atoms with van der Waals surface area (Å²) in [5.74, 6) is 0.217. The van der Waals surface area contributed by atoms with Crippen LogP contribution >= 0.6 is 0 Å². The van der Waals surface area contributed by atoms with Crippen LogP contribution in [0.5, 0.6) is 11.5 Å². The van der Waals surface area contributed by atoms with Crippen molar-refractivity contribution >= 4 is 12.1 Å². The predicted molar refractivity (Wildman–Crippen MR) is 95.8 cm³/mol. The molecule has 1 saturated heterocycles. The first kappa shape index (κ1) is 19.9. The highest BCUT2D eigenvalue weighted by atomic mass is 16.6. The average molecular weight is 365 g/mol. The third kappa shape index (κ3) is 5.82. The van der Waals surface area contributed by atoms with E-state index in [0.29, 0.717) is 43.0 Å². The summed E-state index contributed by atoms with van der Waals surface area (Å²) in [7, 11) is 1.50. The van der Waals surface area contributed by atoms with Gasteiger partial charge in [-0.05, 0) is 26.8 Å². The molecule has 1 aliphatic rings. The van der Waals surface area contributed by atoms with Crippen molar-refractivity contribution in [2.24, 2.45) is 0 Å². The summed E-state index contributed by atoms with van der Waals surface area (Å²) in [4.78, 5) is 24.7. The minimum Gasteiger partial charge on any atom is -0.496 e. The summed E-state index contributed by atoms with van der Waals surface area (Å²) < 4.78 is 16.6. The van der Waals surface area contributed by atoms with E-state index in [2.05, 4.69) is 0 Å². The second-order valence-electron chi connectivity index (χ2n) is 7.33. The number of ether oxygens (including phenoxy) is 3. The van der Waals surface area contributed by atoms with Gasteiger partial charge in [0.2, 0.25) is 0 Å². The fourth-order valence-electron chi connectivity index (χ4n) is 2.78. The number of hydrogen-bond acceptors (Lipinski definition) is 5. The highest BCUT2D eigenvalue weighted by Gasteiger charge is 2.27. The lowest BCUT2D eigenvalue weighted by Gasteiger charge is -2.33. The Morgan fingerprint density at radius 1 is 1.23 bits per heavy atom. The van der Waals surface area contributed by atoms with Gasteiger partial charge in [-0.3, -0.25) is 4.79 Å². The molecular formula is C19H27NO6. The number of benzene rings is 1. The van der Waals surface area contributed by atoms with Crippen LogP contribution in [0.2, 0.25) is 0 Å². The number of piperidine rings is 1. The number of carboxylic acids is 1. The van der Waals surface area contributed by atoms with Crippen LogP contribution in [0.25, 0.3) is 0 Å². The van der Waals surface area contributed by atoms with Crippen LogP contribution in [0, 0.1) is 0 Å². The second-order valence-corrected chi connectivity index (χ2v) is 7.33. The Bertz CT molecular complexity index is 644. The largest absolute Gasteiger partial charge is 0.496 e. The van der Waals surface area contributed by atoms with E-state index in [0.717, 1.165) is 0 Å². The summed E-state index contributed by atoms with van der Waals surface area (Å²) in [6.45, 7) is 6.70. The Balaban J connectivity index is 1.91. The summed E-state index contributed by atoms with van der Waals surface area (Å²) in [5.41, 5.74) is 0.102. The molecule has 1 heterocycles. The van der Waals surface area contributed by atoms with Crippen molar-refractivity contribution in [1.29, 1.82) is 0 Å². The Morgan fingerprint density at radius 3 is 2.42 bits per heavy atom. The predicted octanol–water partition coefficient (Wildman–Crippen LogP) is 3.10. The smallest absolute Gasteiger partial charge is 0.410 e. The summed E-state index contributed by atoms with van der Waals surface area (Å²) in [6.07, 6.45) is 1.01. The van der Waals surface area contributed by atoms with Crippen LogP contribution in [0.1, 0.15) is 39.2 Å². The zero-order chi connectivity index (χ0) is 19.3. The molecule has 0 aromatic heterocycles. The number of rotatable bonds is 5. The van der Waals surface area contributed by atoms with Gasteiger partial charge in [-0.25, -0.2) is 4.79 Å². The van der Waals surface area contributed by atoms with Gasteiger partial charge in [-0.1, -0.05) is 6.07 Å². The van der Waals surface area contributed by atoms with Gasteiger partial charge in [0.15, 0.2) is 0 Å². The lowest BCUT2D eigenvalue weighted by molar-refractivity contribution is -0.136. The Labute approximate surface area is 153 Å². The molecule has 0 radical (unpaired) electrons. The van der Waals surface area contributed by atoms with Gasteiger partial charge in [0.05, 0.1) is 13.5 Å². The molecule has 0 unspecified atom stereocenters. The number of likely N-dealkylation sites (tertiary alicyclic amines) is 1. The van der Waals surface area contributed by atoms with Crippen LogP contribution in [0.15, 0.2) is 18.2 Å². The highest BCUT2D eigenvalue weighted by Crippen LogP contribution is 2.27. The van der Waals surface area contributed by atoms with Gasteiger partial charge in [0, 0.05) is 37.6 Å². The molecular weight excluding hydrogens is 338 g/mol. The van der Waals surface area contributed by atoms with Gasteiger partial charge in [0.25, 0.3) is 0 Å². The monoisotopic (exact) mass is 365 g/mol. The molecule has 0 aliphatic carbocycles. The molecule has 7 heteroatoms. The third-order valence-electron chi connectivity index (χ3n) is 4.00. The first-order chi connectivity index (χ1) is 12.2. The van der Waals surface area contributed by atoms with E-state index in [1.54, 1.807) is 23.1 Å². The minimum atomic E-state index is -0.911. The number of nitrogens with zero attached hydrogens (tertiary/aromatic N) is 1. The van der Waals surface area contributed by atoms with Gasteiger partial charge < -0.3 is 24.2 Å². The Hall–Kier alpha value is -2.44. The fraction of sp³-hybridized carbons (Fsp3) is 0.579.